The molecule has 4 nitrogen and oxygen atoms in total. The normalized spacial score (nSPS) is 19.1. The molecule has 4 rings (SSSR count). The summed E-state index contributed by atoms with van der Waals surface area (Å²) in [4.78, 5) is 18.7. The average molecular weight is 412 g/mol. The number of benzene rings is 2. The van der Waals surface area contributed by atoms with Crippen molar-refractivity contribution in [3.8, 4) is 0 Å². The molecule has 1 aliphatic rings. The Morgan fingerprint density at radius 3 is 2.55 bits per heavy atom. The Morgan fingerprint density at radius 1 is 1.10 bits per heavy atom. The van der Waals surface area contributed by atoms with Gasteiger partial charge in [-0.3, -0.25) is 4.98 Å². The molecule has 0 spiro atoms. The summed E-state index contributed by atoms with van der Waals surface area (Å²) in [7, 11) is 1.84. The zero-order valence-electron chi connectivity index (χ0n) is 16.2. The minimum absolute atomic E-state index is 0.118. The molecule has 1 aromatic heterocycles. The number of hydrogen-bond acceptors (Lipinski definition) is 2. The number of rotatable bonds is 3. The highest BCUT2D eigenvalue weighted by molar-refractivity contribution is 6.30. The van der Waals surface area contributed by atoms with Crippen LogP contribution < -0.4 is 5.32 Å². The van der Waals surface area contributed by atoms with E-state index in [1.165, 1.54) is 6.07 Å². The Balaban J connectivity index is 1.41. The summed E-state index contributed by atoms with van der Waals surface area (Å²) in [5, 5.41) is 4.45. The summed E-state index contributed by atoms with van der Waals surface area (Å²) in [6.07, 6.45) is 5.54. The fourth-order valence-corrected chi connectivity index (χ4v) is 4.31. The number of halogens is 2. The highest BCUT2D eigenvalue weighted by Crippen LogP contribution is 2.37. The largest absolute Gasteiger partial charge is 0.325 e. The van der Waals surface area contributed by atoms with Gasteiger partial charge in [-0.05, 0) is 85.7 Å². The van der Waals surface area contributed by atoms with E-state index in [4.69, 9.17) is 11.6 Å². The van der Waals surface area contributed by atoms with Crippen LogP contribution in [-0.4, -0.2) is 29.0 Å². The van der Waals surface area contributed by atoms with Crippen LogP contribution in [0, 0.1) is 5.82 Å². The van der Waals surface area contributed by atoms with Gasteiger partial charge in [0.2, 0.25) is 0 Å². The van der Waals surface area contributed by atoms with Crippen LogP contribution in [0.1, 0.15) is 37.2 Å². The number of urea groups is 1. The van der Waals surface area contributed by atoms with Crippen molar-refractivity contribution >= 4 is 34.2 Å². The molecule has 1 aliphatic carbocycles. The minimum atomic E-state index is -0.237. The van der Waals surface area contributed by atoms with Gasteiger partial charge in [0, 0.05) is 35.4 Å². The van der Waals surface area contributed by atoms with E-state index >= 15 is 0 Å². The van der Waals surface area contributed by atoms with Crippen LogP contribution in [-0.2, 0) is 0 Å². The van der Waals surface area contributed by atoms with Gasteiger partial charge in [0.25, 0.3) is 0 Å². The van der Waals surface area contributed by atoms with E-state index in [0.29, 0.717) is 10.9 Å². The predicted molar refractivity (Wildman–Crippen MR) is 115 cm³/mol. The smallest absolute Gasteiger partial charge is 0.321 e. The Bertz CT molecular complexity index is 1020. The molecule has 0 bridgehead atoms. The van der Waals surface area contributed by atoms with Crippen molar-refractivity contribution in [3.63, 3.8) is 0 Å². The number of anilines is 1. The fourth-order valence-electron chi connectivity index (χ4n) is 4.18. The van der Waals surface area contributed by atoms with E-state index in [2.05, 4.69) is 10.3 Å². The number of pyridine rings is 1. The van der Waals surface area contributed by atoms with E-state index in [1.807, 2.05) is 13.1 Å². The monoisotopic (exact) mass is 411 g/mol. The molecule has 1 saturated carbocycles. The van der Waals surface area contributed by atoms with E-state index in [1.54, 1.807) is 47.5 Å². The second kappa shape index (κ2) is 8.37. The van der Waals surface area contributed by atoms with Crippen LogP contribution >= 0.6 is 11.6 Å². The first kappa shape index (κ1) is 19.6. The predicted octanol–water partition coefficient (Wildman–Crippen LogP) is 6.22. The summed E-state index contributed by atoms with van der Waals surface area (Å²) >= 11 is 5.89. The zero-order valence-corrected chi connectivity index (χ0v) is 17.0. The molecule has 0 atom stereocenters. The second-order valence-corrected chi connectivity index (χ2v) is 8.05. The molecule has 0 radical (unpaired) electrons. The van der Waals surface area contributed by atoms with E-state index in [0.717, 1.165) is 47.8 Å². The van der Waals surface area contributed by atoms with Gasteiger partial charge in [-0.2, -0.15) is 0 Å². The third-order valence-electron chi connectivity index (χ3n) is 5.84. The summed E-state index contributed by atoms with van der Waals surface area (Å²) in [6, 6.07) is 13.9. The Labute approximate surface area is 174 Å². The third kappa shape index (κ3) is 4.35. The quantitative estimate of drug-likeness (QED) is 0.556. The second-order valence-electron chi connectivity index (χ2n) is 7.62. The number of amides is 2. The van der Waals surface area contributed by atoms with Gasteiger partial charge < -0.3 is 10.2 Å². The summed E-state index contributed by atoms with van der Waals surface area (Å²) in [6.45, 7) is 0. The standard InChI is InChI=1S/C23H23ClFN3O/c1-28(23(29)27-18-7-4-16(24)5-8-18)19-9-2-15(3-10-19)20-12-13-26-22-11-6-17(25)14-21(20)22/h4-8,11-15,19H,2-3,9-10H2,1H3,(H,27,29). The number of carbonyl (C=O) groups excluding carboxylic acids is 1. The average Bonchev–Trinajstić information content (AvgIpc) is 2.74. The first-order chi connectivity index (χ1) is 14.0. The number of aromatic nitrogens is 1. The van der Waals surface area contributed by atoms with Crippen molar-refractivity contribution < 1.29 is 9.18 Å². The third-order valence-corrected chi connectivity index (χ3v) is 6.09. The van der Waals surface area contributed by atoms with Gasteiger partial charge in [0.15, 0.2) is 0 Å². The van der Waals surface area contributed by atoms with Crippen LogP contribution in [0.3, 0.4) is 0 Å². The van der Waals surface area contributed by atoms with Crippen LogP contribution in [0.5, 0.6) is 0 Å². The molecule has 1 fully saturated rings. The minimum Gasteiger partial charge on any atom is -0.325 e. The van der Waals surface area contributed by atoms with Crippen molar-refractivity contribution in [2.24, 2.45) is 0 Å². The van der Waals surface area contributed by atoms with Crippen LogP contribution in [0.15, 0.2) is 54.7 Å². The van der Waals surface area contributed by atoms with Crippen molar-refractivity contribution in [2.45, 2.75) is 37.6 Å². The molecular weight excluding hydrogens is 389 g/mol. The molecule has 2 aromatic carbocycles. The SMILES string of the molecule is CN(C(=O)Nc1ccc(Cl)cc1)C1CCC(c2ccnc3ccc(F)cc23)CC1. The molecule has 0 saturated heterocycles. The van der Waals surface area contributed by atoms with Gasteiger partial charge in [-0.25, -0.2) is 9.18 Å². The zero-order chi connectivity index (χ0) is 20.4. The lowest BCUT2D eigenvalue weighted by molar-refractivity contribution is 0.182. The number of nitrogens with zero attached hydrogens (tertiary/aromatic N) is 2. The molecule has 150 valence electrons. The fraction of sp³-hybridized carbons (Fsp3) is 0.304. The van der Waals surface area contributed by atoms with Crippen molar-refractivity contribution in [2.75, 3.05) is 12.4 Å². The molecule has 1 N–H and O–H groups in total. The number of hydrogen-bond donors (Lipinski definition) is 1. The number of fused-ring (bicyclic) bond motifs is 1. The highest BCUT2D eigenvalue weighted by atomic mass is 35.5. The topological polar surface area (TPSA) is 45.2 Å². The van der Waals surface area contributed by atoms with E-state index in [-0.39, 0.29) is 17.9 Å². The first-order valence-electron chi connectivity index (χ1n) is 9.85. The summed E-state index contributed by atoms with van der Waals surface area (Å²) in [5.74, 6) is 0.116. The molecule has 1 heterocycles. The van der Waals surface area contributed by atoms with Crippen LogP contribution in [0.2, 0.25) is 5.02 Å². The van der Waals surface area contributed by atoms with Crippen molar-refractivity contribution in [3.05, 3.63) is 71.1 Å². The molecule has 3 aromatic rings. The maximum Gasteiger partial charge on any atom is 0.321 e. The number of nitrogens with one attached hydrogen (secondary N) is 1. The van der Waals surface area contributed by atoms with Crippen molar-refractivity contribution in [1.29, 1.82) is 0 Å². The highest BCUT2D eigenvalue weighted by Gasteiger charge is 2.28. The Hall–Kier alpha value is -2.66. The molecule has 0 aliphatic heterocycles. The van der Waals surface area contributed by atoms with E-state index in [9.17, 15) is 9.18 Å². The van der Waals surface area contributed by atoms with Gasteiger partial charge in [-0.1, -0.05) is 11.6 Å². The number of carbonyl (C=O) groups is 1. The van der Waals surface area contributed by atoms with Crippen LogP contribution in [0.25, 0.3) is 10.9 Å². The lowest BCUT2D eigenvalue weighted by atomic mass is 9.80. The van der Waals surface area contributed by atoms with Crippen molar-refractivity contribution in [1.82, 2.24) is 9.88 Å². The maximum absolute atomic E-state index is 13.8. The summed E-state index contributed by atoms with van der Waals surface area (Å²) in [5.41, 5.74) is 2.71. The lowest BCUT2D eigenvalue weighted by Gasteiger charge is -2.35. The van der Waals surface area contributed by atoms with Gasteiger partial charge >= 0.3 is 6.03 Å². The van der Waals surface area contributed by atoms with Gasteiger partial charge in [0.05, 0.1) is 5.52 Å². The summed E-state index contributed by atoms with van der Waals surface area (Å²) < 4.78 is 13.8. The van der Waals surface area contributed by atoms with Gasteiger partial charge in [-0.15, -0.1) is 0 Å². The van der Waals surface area contributed by atoms with E-state index < -0.39 is 0 Å². The molecule has 6 heteroatoms. The molecule has 2 amide bonds. The molecule has 0 unspecified atom stereocenters. The Kier molecular flexibility index (Phi) is 5.67. The maximum atomic E-state index is 13.8. The molecule has 29 heavy (non-hydrogen) atoms. The Morgan fingerprint density at radius 2 is 1.83 bits per heavy atom. The molecular formula is C23H23ClFN3O. The first-order valence-corrected chi connectivity index (χ1v) is 10.2. The van der Waals surface area contributed by atoms with Gasteiger partial charge in [0.1, 0.15) is 5.82 Å². The lowest BCUT2D eigenvalue weighted by Crippen LogP contribution is -2.41. The van der Waals surface area contributed by atoms with Crippen LogP contribution in [0.4, 0.5) is 14.9 Å².